The third-order valence-corrected chi connectivity index (χ3v) is 6.05. The van der Waals surface area contributed by atoms with Crippen LogP contribution in [0.15, 0.2) is 60.9 Å². The zero-order valence-corrected chi connectivity index (χ0v) is 20.4. The first-order valence-corrected chi connectivity index (χ1v) is 11.8. The van der Waals surface area contributed by atoms with Crippen molar-refractivity contribution in [3.8, 4) is 22.6 Å². The lowest BCUT2D eigenvalue weighted by Crippen LogP contribution is -2.35. The summed E-state index contributed by atoms with van der Waals surface area (Å²) in [6.45, 7) is 6.22. The summed E-state index contributed by atoms with van der Waals surface area (Å²) in [7, 11) is 0. The van der Waals surface area contributed by atoms with Gasteiger partial charge >= 0.3 is 6.09 Å². The summed E-state index contributed by atoms with van der Waals surface area (Å²) in [5.41, 5.74) is 6.95. The van der Waals surface area contributed by atoms with E-state index < -0.39 is 17.6 Å². The van der Waals surface area contributed by atoms with E-state index in [2.05, 4.69) is 9.97 Å². The van der Waals surface area contributed by atoms with E-state index in [-0.39, 0.29) is 11.9 Å². The number of likely N-dealkylation sites (tertiary alicyclic amines) is 1. The SMILES string of the molecule is CC(C)(C)OC(=O)N1CC[C@@H](n2c(F)c(-c3ccc(Oc4ccccc4)cc3)c3c(N)ncnc32)C1. The fourth-order valence-electron chi connectivity index (χ4n) is 4.48. The first-order valence-electron chi connectivity index (χ1n) is 11.8. The topological polar surface area (TPSA) is 95.5 Å². The Balaban J connectivity index is 1.48. The van der Waals surface area contributed by atoms with Gasteiger partial charge in [-0.15, -0.1) is 0 Å². The quantitative estimate of drug-likeness (QED) is 0.390. The number of fused-ring (bicyclic) bond motifs is 1. The Labute approximate surface area is 208 Å². The van der Waals surface area contributed by atoms with Gasteiger partial charge in [0.05, 0.1) is 11.4 Å². The number of aromatic nitrogens is 3. The van der Waals surface area contributed by atoms with Gasteiger partial charge in [0.1, 0.15) is 34.9 Å². The highest BCUT2D eigenvalue weighted by Gasteiger charge is 2.34. The van der Waals surface area contributed by atoms with Crippen molar-refractivity contribution in [2.45, 2.75) is 38.8 Å². The minimum Gasteiger partial charge on any atom is -0.457 e. The maximum Gasteiger partial charge on any atom is 0.410 e. The minimum atomic E-state index is -0.605. The molecule has 1 fully saturated rings. The highest BCUT2D eigenvalue weighted by atomic mass is 19.1. The zero-order valence-electron chi connectivity index (χ0n) is 20.4. The molecule has 186 valence electrons. The number of nitrogen functional groups attached to an aromatic ring is 1. The van der Waals surface area contributed by atoms with Crippen LogP contribution in [0.4, 0.5) is 15.0 Å². The van der Waals surface area contributed by atoms with Gasteiger partial charge in [-0.2, -0.15) is 4.39 Å². The fourth-order valence-corrected chi connectivity index (χ4v) is 4.48. The summed E-state index contributed by atoms with van der Waals surface area (Å²) in [6.07, 6.45) is 1.48. The molecule has 0 saturated carbocycles. The predicted octanol–water partition coefficient (Wildman–Crippen LogP) is 5.79. The van der Waals surface area contributed by atoms with Gasteiger partial charge < -0.3 is 20.1 Å². The molecular formula is C27H28FN5O3. The number of carbonyl (C=O) groups excluding carboxylic acids is 1. The number of para-hydroxylation sites is 1. The van der Waals surface area contributed by atoms with Crippen LogP contribution in [-0.4, -0.2) is 44.2 Å². The molecule has 2 aromatic heterocycles. The molecule has 5 rings (SSSR count). The predicted molar refractivity (Wildman–Crippen MR) is 135 cm³/mol. The molecule has 0 bridgehead atoms. The van der Waals surface area contributed by atoms with Crippen molar-refractivity contribution in [2.75, 3.05) is 18.8 Å². The molecule has 3 heterocycles. The molecule has 0 spiro atoms. The van der Waals surface area contributed by atoms with E-state index in [1.807, 2.05) is 51.1 Å². The van der Waals surface area contributed by atoms with Gasteiger partial charge in [0.25, 0.3) is 0 Å². The van der Waals surface area contributed by atoms with Crippen molar-refractivity contribution in [3.05, 3.63) is 66.9 Å². The second-order valence-corrected chi connectivity index (χ2v) is 9.80. The molecular weight excluding hydrogens is 461 g/mol. The van der Waals surface area contributed by atoms with Crippen LogP contribution in [0.25, 0.3) is 22.2 Å². The number of ether oxygens (including phenoxy) is 2. The smallest absolute Gasteiger partial charge is 0.410 e. The number of nitrogens with zero attached hydrogens (tertiary/aromatic N) is 4. The Bertz CT molecular complexity index is 1400. The Morgan fingerprint density at radius 3 is 2.44 bits per heavy atom. The third kappa shape index (κ3) is 4.56. The number of amides is 1. The number of benzene rings is 2. The number of nitrogens with two attached hydrogens (primary N) is 1. The van der Waals surface area contributed by atoms with E-state index >= 15 is 4.39 Å². The van der Waals surface area contributed by atoms with Crippen LogP contribution < -0.4 is 10.5 Å². The van der Waals surface area contributed by atoms with Crippen LogP contribution >= 0.6 is 0 Å². The monoisotopic (exact) mass is 489 g/mol. The lowest BCUT2D eigenvalue weighted by atomic mass is 10.1. The van der Waals surface area contributed by atoms with Gasteiger partial charge in [-0.1, -0.05) is 30.3 Å². The Hall–Kier alpha value is -4.14. The van der Waals surface area contributed by atoms with E-state index in [4.69, 9.17) is 15.2 Å². The average molecular weight is 490 g/mol. The Kier molecular flexibility index (Phi) is 5.99. The van der Waals surface area contributed by atoms with Gasteiger partial charge in [0.2, 0.25) is 5.95 Å². The number of anilines is 1. The van der Waals surface area contributed by atoms with Crippen LogP contribution in [0, 0.1) is 5.95 Å². The van der Waals surface area contributed by atoms with Crippen molar-refractivity contribution >= 4 is 22.9 Å². The number of halogens is 1. The lowest BCUT2D eigenvalue weighted by molar-refractivity contribution is 0.0288. The first kappa shape index (κ1) is 23.6. The molecule has 8 nitrogen and oxygen atoms in total. The van der Waals surface area contributed by atoms with Crippen molar-refractivity contribution in [2.24, 2.45) is 0 Å². The lowest BCUT2D eigenvalue weighted by Gasteiger charge is -2.24. The van der Waals surface area contributed by atoms with Crippen LogP contribution in [0.2, 0.25) is 0 Å². The Morgan fingerprint density at radius 2 is 1.75 bits per heavy atom. The van der Waals surface area contributed by atoms with Crippen molar-refractivity contribution in [1.82, 2.24) is 19.4 Å². The highest BCUT2D eigenvalue weighted by molar-refractivity contribution is 6.01. The van der Waals surface area contributed by atoms with E-state index in [1.54, 1.807) is 29.2 Å². The van der Waals surface area contributed by atoms with E-state index in [1.165, 1.54) is 10.9 Å². The van der Waals surface area contributed by atoms with Gasteiger partial charge in [0, 0.05) is 18.7 Å². The van der Waals surface area contributed by atoms with Crippen LogP contribution in [-0.2, 0) is 4.74 Å². The number of rotatable bonds is 4. The van der Waals surface area contributed by atoms with Crippen LogP contribution in [0.5, 0.6) is 11.5 Å². The van der Waals surface area contributed by atoms with Crippen molar-refractivity contribution < 1.29 is 18.7 Å². The molecule has 0 aliphatic carbocycles. The van der Waals surface area contributed by atoms with Crippen LogP contribution in [0.3, 0.4) is 0 Å². The molecule has 1 atom stereocenters. The summed E-state index contributed by atoms with van der Waals surface area (Å²) in [5.74, 6) is 1.06. The third-order valence-electron chi connectivity index (χ3n) is 6.05. The maximum atomic E-state index is 16.1. The molecule has 2 aromatic carbocycles. The summed E-state index contributed by atoms with van der Waals surface area (Å²) < 4.78 is 29.0. The molecule has 2 N–H and O–H groups in total. The molecule has 1 amide bonds. The Morgan fingerprint density at radius 1 is 1.06 bits per heavy atom. The van der Waals surface area contributed by atoms with Crippen LogP contribution in [0.1, 0.15) is 33.2 Å². The van der Waals surface area contributed by atoms with E-state index in [0.717, 1.165) is 0 Å². The maximum absolute atomic E-state index is 16.1. The molecule has 36 heavy (non-hydrogen) atoms. The van der Waals surface area contributed by atoms with Gasteiger partial charge in [-0.05, 0) is 57.0 Å². The summed E-state index contributed by atoms with van der Waals surface area (Å²) in [6, 6.07) is 16.2. The van der Waals surface area contributed by atoms with Gasteiger partial charge in [-0.3, -0.25) is 4.57 Å². The number of hydrogen-bond acceptors (Lipinski definition) is 6. The molecule has 0 radical (unpaired) electrons. The molecule has 4 aromatic rings. The van der Waals surface area contributed by atoms with Gasteiger partial charge in [-0.25, -0.2) is 14.8 Å². The summed E-state index contributed by atoms with van der Waals surface area (Å²) >= 11 is 0. The molecule has 9 heteroatoms. The van der Waals surface area contributed by atoms with E-state index in [0.29, 0.717) is 53.2 Å². The fraction of sp³-hybridized carbons (Fsp3) is 0.296. The zero-order chi connectivity index (χ0) is 25.4. The number of carbonyl (C=O) groups is 1. The minimum absolute atomic E-state index is 0.194. The molecule has 1 aliphatic rings. The molecule has 1 aliphatic heterocycles. The average Bonchev–Trinajstić information content (AvgIpc) is 3.42. The van der Waals surface area contributed by atoms with Gasteiger partial charge in [0.15, 0.2) is 0 Å². The molecule has 1 saturated heterocycles. The standard InChI is InChI=1S/C27H28FN5O3/c1-27(2,3)36-26(34)32-14-13-18(15-32)33-23(28)21(22-24(29)30-16-31-25(22)33)17-9-11-20(12-10-17)35-19-7-5-4-6-8-19/h4-12,16,18H,13-15H2,1-3H3,(H2,29,30,31)/t18-/m1/s1. The number of hydrogen-bond donors (Lipinski definition) is 1. The van der Waals surface area contributed by atoms with Crippen molar-refractivity contribution in [3.63, 3.8) is 0 Å². The van der Waals surface area contributed by atoms with E-state index in [9.17, 15) is 4.79 Å². The van der Waals surface area contributed by atoms with Crippen molar-refractivity contribution in [1.29, 1.82) is 0 Å². The molecule has 0 unspecified atom stereocenters. The summed E-state index contributed by atoms with van der Waals surface area (Å²) in [5, 5.41) is 0.447. The second-order valence-electron chi connectivity index (χ2n) is 9.80. The summed E-state index contributed by atoms with van der Waals surface area (Å²) in [4.78, 5) is 22.6. The second kappa shape index (κ2) is 9.14. The largest absolute Gasteiger partial charge is 0.457 e. The first-order chi connectivity index (χ1) is 17.2. The highest BCUT2D eigenvalue weighted by Crippen LogP contribution is 2.40. The normalized spacial score (nSPS) is 15.9.